The number of nitrogens with zero attached hydrogens (tertiary/aromatic N) is 4. The molecule has 1 unspecified atom stereocenters. The molecule has 1 aromatic carbocycles. The van der Waals surface area contributed by atoms with Gasteiger partial charge in [-0.05, 0) is 43.4 Å². The van der Waals surface area contributed by atoms with Crippen molar-refractivity contribution in [2.75, 3.05) is 36.5 Å². The molecule has 1 saturated heterocycles. The van der Waals surface area contributed by atoms with E-state index >= 15 is 0 Å². The highest BCUT2D eigenvalue weighted by molar-refractivity contribution is 6.30. The first kappa shape index (κ1) is 18.0. The normalized spacial score (nSPS) is 17.6. The van der Waals surface area contributed by atoms with Crippen molar-refractivity contribution in [1.29, 1.82) is 0 Å². The van der Waals surface area contributed by atoms with Crippen molar-refractivity contribution in [2.24, 2.45) is 0 Å². The van der Waals surface area contributed by atoms with Crippen LogP contribution in [0.2, 0.25) is 5.02 Å². The molecule has 1 aliphatic heterocycles. The summed E-state index contributed by atoms with van der Waals surface area (Å²) in [6.07, 6.45) is 5.87. The predicted molar refractivity (Wildman–Crippen MR) is 103 cm³/mol. The van der Waals surface area contributed by atoms with Gasteiger partial charge in [0.05, 0.1) is 12.6 Å². The first-order chi connectivity index (χ1) is 12.2. The van der Waals surface area contributed by atoms with Gasteiger partial charge < -0.3 is 14.9 Å². The Balaban J connectivity index is 1.66. The van der Waals surface area contributed by atoms with Crippen molar-refractivity contribution in [3.63, 3.8) is 0 Å². The van der Waals surface area contributed by atoms with Gasteiger partial charge in [0.25, 0.3) is 0 Å². The molecule has 0 saturated carbocycles. The molecule has 5 nitrogen and oxygen atoms in total. The third-order valence-corrected chi connectivity index (χ3v) is 5.06. The topological polar surface area (TPSA) is 52.5 Å². The molecule has 0 aliphatic carbocycles. The Morgan fingerprint density at radius 3 is 2.80 bits per heavy atom. The van der Waals surface area contributed by atoms with Crippen molar-refractivity contribution in [2.45, 2.75) is 31.7 Å². The van der Waals surface area contributed by atoms with Crippen molar-refractivity contribution < 1.29 is 5.11 Å². The van der Waals surface area contributed by atoms with E-state index in [0.717, 1.165) is 49.0 Å². The number of aliphatic hydroxyl groups excluding tert-OH is 1. The predicted octanol–water partition coefficient (Wildman–Crippen LogP) is 3.16. The zero-order valence-electron chi connectivity index (χ0n) is 14.6. The van der Waals surface area contributed by atoms with Crippen LogP contribution in [-0.2, 0) is 6.42 Å². The molecule has 1 atom stereocenters. The molecule has 6 heteroatoms. The molecule has 1 aromatic heterocycles. The molecule has 2 aromatic rings. The lowest BCUT2D eigenvalue weighted by Gasteiger charge is -2.35. The maximum absolute atomic E-state index is 9.63. The Kier molecular flexibility index (Phi) is 6.10. The van der Waals surface area contributed by atoms with Gasteiger partial charge in [-0.1, -0.05) is 23.7 Å². The van der Waals surface area contributed by atoms with E-state index in [-0.39, 0.29) is 12.6 Å². The summed E-state index contributed by atoms with van der Waals surface area (Å²) in [6.45, 7) is 1.98. The summed E-state index contributed by atoms with van der Waals surface area (Å²) in [5.41, 5.74) is 1.25. The lowest BCUT2D eigenvalue weighted by Crippen LogP contribution is -2.42. The summed E-state index contributed by atoms with van der Waals surface area (Å²) < 4.78 is 0. The number of likely N-dealkylation sites (N-methyl/N-ethyl adjacent to an activating group) is 1. The van der Waals surface area contributed by atoms with E-state index in [2.05, 4.69) is 31.9 Å². The quantitative estimate of drug-likeness (QED) is 0.857. The van der Waals surface area contributed by atoms with Crippen molar-refractivity contribution in [3.8, 4) is 0 Å². The van der Waals surface area contributed by atoms with Gasteiger partial charge in [-0.15, -0.1) is 0 Å². The molecule has 0 amide bonds. The highest BCUT2D eigenvalue weighted by atomic mass is 35.5. The molecule has 1 N–H and O–H groups in total. The smallest absolute Gasteiger partial charge is 0.134 e. The zero-order chi connectivity index (χ0) is 17.6. The Morgan fingerprint density at radius 1 is 1.24 bits per heavy atom. The van der Waals surface area contributed by atoms with E-state index in [9.17, 15) is 5.11 Å². The van der Waals surface area contributed by atoms with Crippen LogP contribution in [-0.4, -0.2) is 47.9 Å². The number of piperidine rings is 1. The summed E-state index contributed by atoms with van der Waals surface area (Å²) in [4.78, 5) is 13.2. The number of anilines is 2. The van der Waals surface area contributed by atoms with Gasteiger partial charge >= 0.3 is 0 Å². The third-order valence-electron chi connectivity index (χ3n) is 4.81. The zero-order valence-corrected chi connectivity index (χ0v) is 15.4. The number of benzene rings is 1. The first-order valence-corrected chi connectivity index (χ1v) is 9.20. The second kappa shape index (κ2) is 8.50. The largest absolute Gasteiger partial charge is 0.394 e. The molecule has 1 fully saturated rings. The van der Waals surface area contributed by atoms with Crippen LogP contribution in [0.3, 0.4) is 0 Å². The molecular weight excluding hydrogens is 336 g/mol. The van der Waals surface area contributed by atoms with Gasteiger partial charge in [0.1, 0.15) is 18.0 Å². The summed E-state index contributed by atoms with van der Waals surface area (Å²) in [5.74, 6) is 1.81. The van der Waals surface area contributed by atoms with Gasteiger partial charge in [-0.3, -0.25) is 0 Å². The minimum absolute atomic E-state index is 0.163. The van der Waals surface area contributed by atoms with Gasteiger partial charge in [0.15, 0.2) is 0 Å². The maximum atomic E-state index is 9.63. The lowest BCUT2D eigenvalue weighted by atomic mass is 10.0. The number of hydrogen-bond acceptors (Lipinski definition) is 5. The molecule has 0 bridgehead atoms. The minimum atomic E-state index is 0.163. The highest BCUT2D eigenvalue weighted by Crippen LogP contribution is 2.25. The number of aromatic nitrogens is 2. The average molecular weight is 361 g/mol. The number of halogens is 1. The van der Waals surface area contributed by atoms with Crippen LogP contribution in [0, 0.1) is 0 Å². The monoisotopic (exact) mass is 360 g/mol. The second-order valence-corrected chi connectivity index (χ2v) is 6.99. The standard InChI is InChI=1S/C19H25ClN4O/c1-23(11-9-15-5-7-16(20)8-6-15)18-12-19(22-14-21-18)24-10-3-2-4-17(24)13-25/h5-8,12,14,17,25H,2-4,9-11,13H2,1H3. The SMILES string of the molecule is CN(CCc1ccc(Cl)cc1)c1cc(N2CCCCC2CO)ncn1. The fourth-order valence-electron chi connectivity index (χ4n) is 3.26. The van der Waals surface area contributed by atoms with Gasteiger partial charge in [-0.25, -0.2) is 9.97 Å². The van der Waals surface area contributed by atoms with Gasteiger partial charge in [0, 0.05) is 31.2 Å². The van der Waals surface area contributed by atoms with Crippen LogP contribution < -0.4 is 9.80 Å². The van der Waals surface area contributed by atoms with Crippen LogP contribution in [0.5, 0.6) is 0 Å². The Hall–Kier alpha value is -1.85. The van der Waals surface area contributed by atoms with Crippen LogP contribution in [0.15, 0.2) is 36.7 Å². The molecule has 1 aliphatic rings. The summed E-state index contributed by atoms with van der Waals surface area (Å²) >= 11 is 5.94. The van der Waals surface area contributed by atoms with Crippen molar-refractivity contribution in [3.05, 3.63) is 47.2 Å². The van der Waals surface area contributed by atoms with E-state index in [1.165, 1.54) is 12.0 Å². The van der Waals surface area contributed by atoms with E-state index in [0.29, 0.717) is 0 Å². The number of rotatable bonds is 6. The Morgan fingerprint density at radius 2 is 2.04 bits per heavy atom. The fourth-order valence-corrected chi connectivity index (χ4v) is 3.38. The van der Waals surface area contributed by atoms with Crippen LogP contribution in [0.1, 0.15) is 24.8 Å². The molecule has 3 rings (SSSR count). The number of aliphatic hydroxyl groups is 1. The van der Waals surface area contributed by atoms with Crippen LogP contribution in [0.4, 0.5) is 11.6 Å². The average Bonchev–Trinajstić information content (AvgIpc) is 2.67. The molecule has 0 radical (unpaired) electrons. The van der Waals surface area contributed by atoms with Gasteiger partial charge in [0.2, 0.25) is 0 Å². The number of hydrogen-bond donors (Lipinski definition) is 1. The fraction of sp³-hybridized carbons (Fsp3) is 0.474. The first-order valence-electron chi connectivity index (χ1n) is 8.82. The third kappa shape index (κ3) is 4.61. The molecular formula is C19H25ClN4O. The van der Waals surface area contributed by atoms with Crippen molar-refractivity contribution in [1.82, 2.24) is 9.97 Å². The van der Waals surface area contributed by atoms with Crippen LogP contribution >= 0.6 is 11.6 Å². The van der Waals surface area contributed by atoms with E-state index < -0.39 is 0 Å². The van der Waals surface area contributed by atoms with E-state index in [1.807, 2.05) is 25.2 Å². The Bertz CT molecular complexity index is 679. The second-order valence-electron chi connectivity index (χ2n) is 6.56. The Labute approximate surface area is 154 Å². The summed E-state index contributed by atoms with van der Waals surface area (Å²) in [5, 5.41) is 10.4. The lowest BCUT2D eigenvalue weighted by molar-refractivity contribution is 0.239. The van der Waals surface area contributed by atoms with Crippen LogP contribution in [0.25, 0.3) is 0 Å². The van der Waals surface area contributed by atoms with E-state index in [4.69, 9.17) is 11.6 Å². The molecule has 2 heterocycles. The highest BCUT2D eigenvalue weighted by Gasteiger charge is 2.23. The van der Waals surface area contributed by atoms with Crippen molar-refractivity contribution >= 4 is 23.2 Å². The molecule has 134 valence electrons. The maximum Gasteiger partial charge on any atom is 0.134 e. The summed E-state index contributed by atoms with van der Waals surface area (Å²) in [6, 6.07) is 10.1. The summed E-state index contributed by atoms with van der Waals surface area (Å²) in [7, 11) is 2.04. The van der Waals surface area contributed by atoms with Gasteiger partial charge in [-0.2, -0.15) is 0 Å². The molecule has 0 spiro atoms. The van der Waals surface area contributed by atoms with E-state index in [1.54, 1.807) is 6.33 Å². The minimum Gasteiger partial charge on any atom is -0.394 e. The molecule has 25 heavy (non-hydrogen) atoms.